The Kier molecular flexibility index (Phi) is 1.21. The van der Waals surface area contributed by atoms with Crippen LogP contribution >= 0.6 is 0 Å². The number of aryl methyl sites for hydroxylation is 1. The SMILES string of the molecule is [B]c1c2cccnc2nn1C. The molecule has 0 fully saturated rings. The number of nitrogens with zero attached hydrogens (tertiary/aromatic N) is 3. The lowest BCUT2D eigenvalue weighted by molar-refractivity contribution is 0.798. The fourth-order valence-electron chi connectivity index (χ4n) is 1.05. The summed E-state index contributed by atoms with van der Waals surface area (Å²) in [7, 11) is 7.50. The second-order valence-corrected chi connectivity index (χ2v) is 2.38. The minimum absolute atomic E-state index is 0.660. The highest BCUT2D eigenvalue weighted by molar-refractivity contribution is 6.37. The molecule has 2 aromatic rings. The van der Waals surface area contributed by atoms with Gasteiger partial charge in [0.2, 0.25) is 0 Å². The van der Waals surface area contributed by atoms with Crippen LogP contribution < -0.4 is 5.59 Å². The van der Waals surface area contributed by atoms with Gasteiger partial charge in [0.05, 0.1) is 0 Å². The molecule has 2 rings (SSSR count). The van der Waals surface area contributed by atoms with E-state index in [4.69, 9.17) is 7.85 Å². The van der Waals surface area contributed by atoms with Gasteiger partial charge in [0, 0.05) is 18.6 Å². The van der Waals surface area contributed by atoms with Crippen molar-refractivity contribution in [3.05, 3.63) is 18.3 Å². The maximum Gasteiger partial charge on any atom is 0.180 e. The number of rotatable bonds is 0. The Morgan fingerprint density at radius 3 is 3.09 bits per heavy atom. The topological polar surface area (TPSA) is 30.7 Å². The third kappa shape index (κ3) is 0.825. The fourth-order valence-corrected chi connectivity index (χ4v) is 1.05. The summed E-state index contributed by atoms with van der Waals surface area (Å²) in [6.07, 6.45) is 1.70. The molecule has 0 aliphatic heterocycles. The highest BCUT2D eigenvalue weighted by Gasteiger charge is 2.01. The summed E-state index contributed by atoms with van der Waals surface area (Å²) < 4.78 is 1.62. The molecule has 0 atom stereocenters. The Hall–Kier alpha value is -1.32. The summed E-state index contributed by atoms with van der Waals surface area (Å²) in [5.41, 5.74) is 1.36. The van der Waals surface area contributed by atoms with Crippen LogP contribution in [0.1, 0.15) is 0 Å². The van der Waals surface area contributed by atoms with Crippen LogP contribution in [0.5, 0.6) is 0 Å². The van der Waals surface area contributed by atoms with Gasteiger partial charge in [-0.25, -0.2) is 4.98 Å². The van der Waals surface area contributed by atoms with E-state index in [2.05, 4.69) is 10.1 Å². The van der Waals surface area contributed by atoms with Gasteiger partial charge in [-0.2, -0.15) is 5.10 Å². The molecule has 0 N–H and O–H groups in total. The van der Waals surface area contributed by atoms with Crippen LogP contribution in [0.15, 0.2) is 18.3 Å². The first-order valence-corrected chi connectivity index (χ1v) is 3.32. The molecule has 0 saturated carbocycles. The van der Waals surface area contributed by atoms with Crippen LogP contribution in [0.4, 0.5) is 0 Å². The lowest BCUT2D eigenvalue weighted by Gasteiger charge is -1.90. The van der Waals surface area contributed by atoms with Gasteiger partial charge in [0.25, 0.3) is 0 Å². The van der Waals surface area contributed by atoms with Crippen molar-refractivity contribution in [1.82, 2.24) is 14.8 Å². The highest BCUT2D eigenvalue weighted by Crippen LogP contribution is 2.02. The van der Waals surface area contributed by atoms with Crippen molar-refractivity contribution in [2.75, 3.05) is 0 Å². The molecule has 2 radical (unpaired) electrons. The molecule has 0 unspecified atom stereocenters. The third-order valence-corrected chi connectivity index (χ3v) is 1.66. The second kappa shape index (κ2) is 2.08. The van der Waals surface area contributed by atoms with Crippen LogP contribution in [0, 0.1) is 0 Å². The molecule has 0 spiro atoms. The van der Waals surface area contributed by atoms with Crippen LogP contribution in [-0.2, 0) is 7.05 Å². The predicted octanol–water partition coefficient (Wildman–Crippen LogP) is -0.238. The number of pyridine rings is 1. The Labute approximate surface area is 65.5 Å². The molecule has 0 aliphatic rings. The lowest BCUT2D eigenvalue weighted by atomic mass is 10.0. The van der Waals surface area contributed by atoms with Gasteiger partial charge in [0.1, 0.15) is 7.85 Å². The van der Waals surface area contributed by atoms with Crippen LogP contribution in [0.3, 0.4) is 0 Å². The molecule has 2 heterocycles. The van der Waals surface area contributed by atoms with Gasteiger partial charge in [0.15, 0.2) is 5.65 Å². The van der Waals surface area contributed by atoms with E-state index in [9.17, 15) is 0 Å². The van der Waals surface area contributed by atoms with Crippen LogP contribution in [0.2, 0.25) is 0 Å². The Balaban J connectivity index is 2.92. The zero-order valence-corrected chi connectivity index (χ0v) is 6.15. The maximum atomic E-state index is 5.70. The molecular weight excluding hydrogens is 137 g/mol. The number of hydrogen-bond acceptors (Lipinski definition) is 2. The summed E-state index contributed by atoms with van der Waals surface area (Å²) in [5, 5.41) is 5.01. The van der Waals surface area contributed by atoms with E-state index in [1.807, 2.05) is 12.1 Å². The first-order valence-electron chi connectivity index (χ1n) is 3.32. The van der Waals surface area contributed by atoms with E-state index in [1.165, 1.54) is 0 Å². The predicted molar refractivity (Wildman–Crippen MR) is 43.9 cm³/mol. The average molecular weight is 143 g/mol. The standard InChI is InChI=1S/C7H6BN3/c1-11-6(8)5-3-2-4-9-7(5)10-11/h2-4H,1H3. The van der Waals surface area contributed by atoms with Crippen molar-refractivity contribution in [3.8, 4) is 0 Å². The third-order valence-electron chi connectivity index (χ3n) is 1.66. The molecule has 0 aromatic carbocycles. The normalized spacial score (nSPS) is 10.6. The molecule has 3 nitrogen and oxygen atoms in total. The van der Waals surface area contributed by atoms with Crippen LogP contribution in [0.25, 0.3) is 11.0 Å². The summed E-state index contributed by atoms with van der Waals surface area (Å²) in [5.74, 6) is 0. The monoisotopic (exact) mass is 143 g/mol. The van der Waals surface area contributed by atoms with E-state index < -0.39 is 0 Å². The van der Waals surface area contributed by atoms with Crippen molar-refractivity contribution in [3.63, 3.8) is 0 Å². The smallest absolute Gasteiger partial charge is 0.180 e. The maximum absolute atomic E-state index is 5.70. The quantitative estimate of drug-likeness (QED) is 0.476. The second-order valence-electron chi connectivity index (χ2n) is 2.38. The van der Waals surface area contributed by atoms with Crippen LogP contribution in [-0.4, -0.2) is 22.6 Å². The van der Waals surface area contributed by atoms with Gasteiger partial charge in [-0.15, -0.1) is 0 Å². The van der Waals surface area contributed by atoms with Gasteiger partial charge in [-0.05, 0) is 17.7 Å². The first-order chi connectivity index (χ1) is 5.29. The van der Waals surface area contributed by atoms with E-state index in [0.717, 1.165) is 5.39 Å². The van der Waals surface area contributed by atoms with Crippen molar-refractivity contribution in [1.29, 1.82) is 0 Å². The van der Waals surface area contributed by atoms with Gasteiger partial charge in [-0.3, -0.25) is 4.68 Å². The van der Waals surface area contributed by atoms with Gasteiger partial charge >= 0.3 is 0 Å². The largest absolute Gasteiger partial charge is 0.281 e. The van der Waals surface area contributed by atoms with Crippen molar-refractivity contribution >= 4 is 24.5 Å². The molecule has 11 heavy (non-hydrogen) atoms. The van der Waals surface area contributed by atoms with Gasteiger partial charge in [-0.1, -0.05) is 0 Å². The highest BCUT2D eigenvalue weighted by atomic mass is 15.3. The molecule has 0 amide bonds. The first kappa shape index (κ1) is 6.40. The fraction of sp³-hybridized carbons (Fsp3) is 0.143. The van der Waals surface area contributed by atoms with E-state index in [-0.39, 0.29) is 0 Å². The Bertz CT molecular complexity index is 393. The summed E-state index contributed by atoms with van der Waals surface area (Å²) in [6, 6.07) is 3.76. The molecule has 0 saturated heterocycles. The lowest BCUT2D eigenvalue weighted by Crippen LogP contribution is -2.14. The Morgan fingerprint density at radius 2 is 2.36 bits per heavy atom. The average Bonchev–Trinajstić information content (AvgIpc) is 2.30. The summed E-state index contributed by atoms with van der Waals surface area (Å²) in [4.78, 5) is 4.05. The molecule has 0 bridgehead atoms. The Morgan fingerprint density at radius 1 is 1.55 bits per heavy atom. The molecule has 0 aliphatic carbocycles. The summed E-state index contributed by atoms with van der Waals surface area (Å²) in [6.45, 7) is 0. The molecule has 4 heteroatoms. The van der Waals surface area contributed by atoms with E-state index >= 15 is 0 Å². The van der Waals surface area contributed by atoms with E-state index in [1.54, 1.807) is 17.9 Å². The number of fused-ring (bicyclic) bond motifs is 1. The zero-order chi connectivity index (χ0) is 7.84. The molecule has 52 valence electrons. The number of aromatic nitrogens is 3. The zero-order valence-electron chi connectivity index (χ0n) is 6.15. The molecule has 2 aromatic heterocycles. The van der Waals surface area contributed by atoms with Gasteiger partial charge < -0.3 is 0 Å². The van der Waals surface area contributed by atoms with Crippen molar-refractivity contribution in [2.24, 2.45) is 7.05 Å². The number of hydrogen-bond donors (Lipinski definition) is 0. The van der Waals surface area contributed by atoms with Crippen molar-refractivity contribution < 1.29 is 0 Å². The van der Waals surface area contributed by atoms with E-state index in [0.29, 0.717) is 11.2 Å². The van der Waals surface area contributed by atoms with Crippen molar-refractivity contribution in [2.45, 2.75) is 0 Å². The minimum atomic E-state index is 0.660. The summed E-state index contributed by atoms with van der Waals surface area (Å²) >= 11 is 0. The molecular formula is C7H6BN3. The minimum Gasteiger partial charge on any atom is -0.281 e.